The van der Waals surface area contributed by atoms with Crippen molar-refractivity contribution in [3.8, 4) is 0 Å². The highest BCUT2D eigenvalue weighted by Crippen LogP contribution is 2.24. The molecule has 2 nitrogen and oxygen atoms in total. The average Bonchev–Trinajstić information content (AvgIpc) is 2.48. The smallest absolute Gasteiger partial charge is 0.159 e. The highest BCUT2D eigenvalue weighted by atomic mass is 32.2. The zero-order valence-corrected chi connectivity index (χ0v) is 15.5. The van der Waals surface area contributed by atoms with Gasteiger partial charge in [-0.3, -0.25) is 0 Å². The van der Waals surface area contributed by atoms with Crippen molar-refractivity contribution >= 4 is 22.6 Å². The first-order valence-corrected chi connectivity index (χ1v) is 8.88. The van der Waals surface area contributed by atoms with Gasteiger partial charge in [0.15, 0.2) is 5.17 Å². The minimum absolute atomic E-state index is 0.189. The van der Waals surface area contributed by atoms with Crippen LogP contribution in [0, 0.1) is 13.8 Å². The number of aliphatic imine (C=N–C) groups is 1. The number of benzene rings is 2. The lowest BCUT2D eigenvalue weighted by Gasteiger charge is -2.19. The van der Waals surface area contributed by atoms with Crippen molar-refractivity contribution in [3.05, 3.63) is 64.7 Å². The third-order valence-corrected chi connectivity index (χ3v) is 4.67. The van der Waals surface area contributed by atoms with Crippen LogP contribution in [0.3, 0.4) is 0 Å². The Kier molecular flexibility index (Phi) is 5.53. The molecule has 0 unspecified atom stereocenters. The molecule has 0 fully saturated rings. The molecule has 2 aromatic rings. The highest BCUT2D eigenvalue weighted by Gasteiger charge is 2.12. The number of aryl methyl sites for hydroxylation is 2. The van der Waals surface area contributed by atoms with Gasteiger partial charge in [0.05, 0.1) is 5.69 Å². The van der Waals surface area contributed by atoms with Crippen molar-refractivity contribution < 1.29 is 0 Å². The molecular formula is C20H26N2S. The maximum absolute atomic E-state index is 6.08. The Morgan fingerprint density at radius 3 is 2.30 bits per heavy atom. The van der Waals surface area contributed by atoms with E-state index >= 15 is 0 Å². The van der Waals surface area contributed by atoms with Crippen LogP contribution >= 0.6 is 11.8 Å². The average molecular weight is 327 g/mol. The fourth-order valence-electron chi connectivity index (χ4n) is 2.25. The minimum Gasteiger partial charge on any atom is -0.378 e. The molecule has 0 spiro atoms. The third-order valence-electron chi connectivity index (χ3n) is 3.80. The number of rotatable bonds is 3. The molecule has 0 heterocycles. The lowest BCUT2D eigenvalue weighted by Crippen LogP contribution is -2.10. The van der Waals surface area contributed by atoms with Crippen LogP contribution in [0.2, 0.25) is 0 Å². The molecule has 2 aromatic carbocycles. The molecule has 0 saturated carbocycles. The van der Waals surface area contributed by atoms with E-state index in [2.05, 4.69) is 82.1 Å². The van der Waals surface area contributed by atoms with Gasteiger partial charge in [0.1, 0.15) is 0 Å². The molecule has 0 aliphatic rings. The molecule has 0 radical (unpaired) electrons. The number of hydrogen-bond donors (Lipinski definition) is 1. The first-order valence-electron chi connectivity index (χ1n) is 7.89. The van der Waals surface area contributed by atoms with Gasteiger partial charge in [-0.15, -0.1) is 0 Å². The summed E-state index contributed by atoms with van der Waals surface area (Å²) in [4.78, 5) is 4.55. The summed E-state index contributed by atoms with van der Waals surface area (Å²) >= 11 is 1.58. The maximum Gasteiger partial charge on any atom is 0.159 e. The second-order valence-corrected chi connectivity index (χ2v) is 7.97. The van der Waals surface area contributed by atoms with Gasteiger partial charge in [-0.2, -0.15) is 0 Å². The minimum atomic E-state index is 0.189. The number of nitrogens with zero attached hydrogens (tertiary/aromatic N) is 1. The van der Waals surface area contributed by atoms with Gasteiger partial charge in [-0.05, 0) is 47.6 Å². The van der Waals surface area contributed by atoms with Gasteiger partial charge in [0, 0.05) is 5.75 Å². The van der Waals surface area contributed by atoms with E-state index in [1.807, 2.05) is 0 Å². The molecule has 0 bridgehead atoms. The van der Waals surface area contributed by atoms with Crippen LogP contribution in [-0.4, -0.2) is 5.17 Å². The van der Waals surface area contributed by atoms with Gasteiger partial charge < -0.3 is 5.73 Å². The lowest BCUT2D eigenvalue weighted by molar-refractivity contribution is 0.590. The fraction of sp³-hybridized carbons (Fsp3) is 0.350. The summed E-state index contributed by atoms with van der Waals surface area (Å²) in [5.74, 6) is 0.838. The zero-order valence-electron chi connectivity index (χ0n) is 14.7. The van der Waals surface area contributed by atoms with E-state index < -0.39 is 0 Å². The number of thioether (sulfide) groups is 1. The van der Waals surface area contributed by atoms with Crippen LogP contribution in [0.5, 0.6) is 0 Å². The van der Waals surface area contributed by atoms with Crippen LogP contribution in [0.1, 0.15) is 43.0 Å². The second-order valence-electron chi connectivity index (χ2n) is 6.98. The topological polar surface area (TPSA) is 38.4 Å². The molecular weight excluding hydrogens is 300 g/mol. The van der Waals surface area contributed by atoms with Crippen molar-refractivity contribution in [2.45, 2.75) is 45.8 Å². The quantitative estimate of drug-likeness (QED) is 0.599. The monoisotopic (exact) mass is 326 g/mol. The van der Waals surface area contributed by atoms with E-state index in [1.54, 1.807) is 11.8 Å². The van der Waals surface area contributed by atoms with Crippen molar-refractivity contribution in [2.75, 3.05) is 0 Å². The number of amidine groups is 1. The van der Waals surface area contributed by atoms with Crippen LogP contribution in [0.4, 0.5) is 5.69 Å². The molecule has 2 N–H and O–H groups in total. The molecule has 3 heteroatoms. The Morgan fingerprint density at radius 2 is 1.70 bits per heavy atom. The molecule has 122 valence electrons. The van der Waals surface area contributed by atoms with E-state index in [0.29, 0.717) is 5.17 Å². The van der Waals surface area contributed by atoms with Crippen molar-refractivity contribution in [1.82, 2.24) is 0 Å². The van der Waals surface area contributed by atoms with Gasteiger partial charge >= 0.3 is 0 Å². The summed E-state index contributed by atoms with van der Waals surface area (Å²) in [5, 5.41) is 0.610. The number of nitrogens with two attached hydrogens (primary N) is 1. The Bertz CT molecular complexity index is 695. The molecule has 0 saturated heterocycles. The molecule has 0 aromatic heterocycles. The molecule has 0 atom stereocenters. The summed E-state index contributed by atoms with van der Waals surface area (Å²) in [7, 11) is 0. The molecule has 0 aliphatic carbocycles. The van der Waals surface area contributed by atoms with E-state index in [9.17, 15) is 0 Å². The summed E-state index contributed by atoms with van der Waals surface area (Å²) in [6.45, 7) is 10.8. The fourth-order valence-corrected chi connectivity index (χ4v) is 2.92. The zero-order chi connectivity index (χ0) is 17.0. The van der Waals surface area contributed by atoms with E-state index in [-0.39, 0.29) is 5.41 Å². The number of hydrogen-bond acceptors (Lipinski definition) is 2. The molecule has 0 aliphatic heterocycles. The lowest BCUT2D eigenvalue weighted by atomic mass is 9.87. The van der Waals surface area contributed by atoms with Crippen LogP contribution < -0.4 is 5.73 Å². The summed E-state index contributed by atoms with van der Waals surface area (Å²) < 4.78 is 0. The van der Waals surface area contributed by atoms with Crippen molar-refractivity contribution in [2.24, 2.45) is 10.7 Å². The molecule has 23 heavy (non-hydrogen) atoms. The summed E-state index contributed by atoms with van der Waals surface area (Å²) in [6.07, 6.45) is 0. The van der Waals surface area contributed by atoms with Crippen LogP contribution in [0.15, 0.2) is 47.5 Å². The van der Waals surface area contributed by atoms with Crippen LogP contribution in [0.25, 0.3) is 0 Å². The second kappa shape index (κ2) is 7.22. The maximum atomic E-state index is 6.08. The molecule has 0 amide bonds. The normalized spacial score (nSPS) is 12.5. The predicted octanol–water partition coefficient (Wildman–Crippen LogP) is 5.48. The van der Waals surface area contributed by atoms with Gasteiger partial charge in [-0.25, -0.2) is 4.99 Å². The third kappa shape index (κ3) is 5.14. The van der Waals surface area contributed by atoms with Crippen molar-refractivity contribution in [1.29, 1.82) is 0 Å². The van der Waals surface area contributed by atoms with E-state index in [4.69, 9.17) is 5.73 Å². The van der Waals surface area contributed by atoms with Crippen molar-refractivity contribution in [3.63, 3.8) is 0 Å². The van der Waals surface area contributed by atoms with Crippen LogP contribution in [-0.2, 0) is 11.2 Å². The summed E-state index contributed by atoms with van der Waals surface area (Å²) in [5.41, 5.74) is 12.2. The van der Waals surface area contributed by atoms with E-state index in [1.165, 1.54) is 16.7 Å². The first-order chi connectivity index (χ1) is 10.8. The summed E-state index contributed by atoms with van der Waals surface area (Å²) in [6, 6.07) is 15.0. The Balaban J connectivity index is 2.02. The van der Waals surface area contributed by atoms with Gasteiger partial charge in [-0.1, -0.05) is 68.9 Å². The Morgan fingerprint density at radius 1 is 1.04 bits per heavy atom. The standard InChI is InChI=1S/C20H26N2S/c1-14-6-7-15(2)18(12-14)22-19(21)23-13-16-8-10-17(11-9-16)20(3,4)5/h6-12H,13H2,1-5H3,(H2,21,22). The highest BCUT2D eigenvalue weighted by molar-refractivity contribution is 8.13. The first kappa shape index (κ1) is 17.6. The largest absolute Gasteiger partial charge is 0.378 e. The Labute approximate surface area is 144 Å². The van der Waals surface area contributed by atoms with Gasteiger partial charge in [0.25, 0.3) is 0 Å². The molecule has 2 rings (SSSR count). The predicted molar refractivity (Wildman–Crippen MR) is 104 cm³/mol. The van der Waals surface area contributed by atoms with Gasteiger partial charge in [0.2, 0.25) is 0 Å². The Hall–Kier alpha value is -1.74. The SMILES string of the molecule is Cc1ccc(C)c(N=C(N)SCc2ccc(C(C)(C)C)cc2)c1. The van der Waals surface area contributed by atoms with E-state index in [0.717, 1.165) is 17.0 Å².